The van der Waals surface area contributed by atoms with Crippen LogP contribution in [0.1, 0.15) is 42.2 Å². The number of hydrogen-bond acceptors (Lipinski definition) is 6. The minimum atomic E-state index is -2.69. The predicted octanol–water partition coefficient (Wildman–Crippen LogP) is 5.87. The highest BCUT2D eigenvalue weighted by molar-refractivity contribution is 5.74. The van der Waals surface area contributed by atoms with E-state index in [1.54, 1.807) is 6.20 Å². The first-order valence-corrected chi connectivity index (χ1v) is 12.3. The van der Waals surface area contributed by atoms with Gasteiger partial charge in [-0.25, -0.2) is 13.8 Å². The summed E-state index contributed by atoms with van der Waals surface area (Å²) in [7, 11) is 0. The van der Waals surface area contributed by atoms with Crippen LogP contribution in [0.5, 0.6) is 11.5 Å². The van der Waals surface area contributed by atoms with Crippen molar-refractivity contribution < 1.29 is 23.4 Å². The molecule has 0 radical (unpaired) electrons. The molecule has 0 amide bonds. The van der Waals surface area contributed by atoms with Gasteiger partial charge in [-0.1, -0.05) is 18.2 Å². The molecule has 8 heteroatoms. The number of pyridine rings is 1. The number of ether oxygens (including phenoxy) is 2. The summed E-state index contributed by atoms with van der Waals surface area (Å²) in [5.74, 6) is -0.803. The predicted molar refractivity (Wildman–Crippen MR) is 136 cm³/mol. The Morgan fingerprint density at radius 3 is 2.64 bits per heavy atom. The lowest BCUT2D eigenvalue weighted by molar-refractivity contribution is -0.0102. The molecule has 1 atom stereocenters. The number of aliphatic hydroxyl groups excluding tert-OH is 1. The summed E-state index contributed by atoms with van der Waals surface area (Å²) in [6.45, 7) is 5.53. The molecule has 1 aromatic heterocycles. The Morgan fingerprint density at radius 2 is 1.83 bits per heavy atom. The number of hydrogen-bond donors (Lipinski definition) is 2. The Morgan fingerprint density at radius 1 is 1.03 bits per heavy atom. The second-order valence-corrected chi connectivity index (χ2v) is 9.51. The minimum Gasteiger partial charge on any atom is -0.486 e. The maximum Gasteiger partial charge on any atom is 0.249 e. The van der Waals surface area contributed by atoms with E-state index in [9.17, 15) is 13.9 Å². The molecular weight excluding hydrogens is 464 g/mol. The minimum absolute atomic E-state index is 0.142. The number of anilines is 2. The van der Waals surface area contributed by atoms with Gasteiger partial charge in [0.05, 0.1) is 0 Å². The van der Waals surface area contributed by atoms with Gasteiger partial charge in [0.25, 0.3) is 0 Å². The van der Waals surface area contributed by atoms with Crippen LogP contribution in [0.15, 0.2) is 48.7 Å². The van der Waals surface area contributed by atoms with Crippen LogP contribution in [0.4, 0.5) is 20.3 Å². The number of halogens is 2. The summed E-state index contributed by atoms with van der Waals surface area (Å²) in [5.41, 5.74) is 4.93. The molecular formula is C28H31F2N3O3. The van der Waals surface area contributed by atoms with Crippen molar-refractivity contribution in [2.24, 2.45) is 0 Å². The number of fused-ring (bicyclic) bond motifs is 1. The molecule has 1 fully saturated rings. The lowest BCUT2D eigenvalue weighted by Gasteiger charge is -2.29. The van der Waals surface area contributed by atoms with E-state index in [-0.39, 0.29) is 19.4 Å². The van der Waals surface area contributed by atoms with Crippen molar-refractivity contribution in [3.63, 3.8) is 0 Å². The average Bonchev–Trinajstić information content (AvgIpc) is 3.03. The molecule has 5 rings (SSSR count). The van der Waals surface area contributed by atoms with Gasteiger partial charge in [-0.15, -0.1) is 0 Å². The van der Waals surface area contributed by atoms with Gasteiger partial charge in [0.2, 0.25) is 5.92 Å². The number of aryl methyl sites for hydroxylation is 1. The van der Waals surface area contributed by atoms with Crippen molar-refractivity contribution in [2.75, 3.05) is 36.5 Å². The molecule has 2 aromatic carbocycles. The van der Waals surface area contributed by atoms with Crippen molar-refractivity contribution >= 4 is 11.5 Å². The molecule has 0 bridgehead atoms. The molecule has 2 N–H and O–H groups in total. The number of nitrogens with zero attached hydrogens (tertiary/aromatic N) is 2. The first-order valence-electron chi connectivity index (χ1n) is 12.3. The highest BCUT2D eigenvalue weighted by Crippen LogP contribution is 2.40. The second kappa shape index (κ2) is 9.93. The third-order valence-electron chi connectivity index (χ3n) is 6.83. The van der Waals surface area contributed by atoms with Gasteiger partial charge in [0.15, 0.2) is 17.7 Å². The molecule has 0 spiro atoms. The van der Waals surface area contributed by atoms with Crippen LogP contribution in [0.25, 0.3) is 11.1 Å². The number of aromatic nitrogens is 1. The monoisotopic (exact) mass is 495 g/mol. The summed E-state index contributed by atoms with van der Waals surface area (Å²) in [5, 5.41) is 14.6. The van der Waals surface area contributed by atoms with Gasteiger partial charge in [-0.3, -0.25) is 0 Å². The second-order valence-electron chi connectivity index (χ2n) is 9.51. The number of rotatable bonds is 5. The maximum atomic E-state index is 14.1. The molecule has 36 heavy (non-hydrogen) atoms. The largest absolute Gasteiger partial charge is 0.486 e. The standard InChI is InChI=1S/C28H31F2N3O3/c1-18-5-3-6-21(15-18)32-27(34)25-19(2)22(20-7-8-23-24(16-20)36-14-13-35-23)17-31-26(25)33-11-4-9-28(29,30)10-12-33/h3,5-8,15-17,27,32,34H,4,9-14H2,1-2H3. The van der Waals surface area contributed by atoms with Gasteiger partial charge in [0.1, 0.15) is 19.0 Å². The number of alkyl halides is 2. The first-order chi connectivity index (χ1) is 17.3. The molecule has 2 aliphatic heterocycles. The normalized spacial score (nSPS) is 17.9. The van der Waals surface area contributed by atoms with E-state index >= 15 is 0 Å². The molecule has 3 heterocycles. The zero-order chi connectivity index (χ0) is 25.3. The summed E-state index contributed by atoms with van der Waals surface area (Å²) < 4.78 is 39.6. The highest BCUT2D eigenvalue weighted by atomic mass is 19.3. The lowest BCUT2D eigenvalue weighted by Crippen LogP contribution is -2.29. The Hall–Kier alpha value is -3.39. The fourth-order valence-electron chi connectivity index (χ4n) is 4.93. The Kier molecular flexibility index (Phi) is 6.71. The van der Waals surface area contributed by atoms with Gasteiger partial charge in [0, 0.05) is 48.9 Å². The van der Waals surface area contributed by atoms with Crippen molar-refractivity contribution in [1.82, 2.24) is 4.98 Å². The molecule has 190 valence electrons. The fourth-order valence-corrected chi connectivity index (χ4v) is 4.93. The van der Waals surface area contributed by atoms with Crippen LogP contribution in [-0.4, -0.2) is 42.3 Å². The van der Waals surface area contributed by atoms with Crippen LogP contribution < -0.4 is 19.7 Å². The quantitative estimate of drug-likeness (QED) is 0.432. The summed E-state index contributed by atoms with van der Waals surface area (Å²) >= 11 is 0. The van der Waals surface area contributed by atoms with Gasteiger partial charge in [-0.2, -0.15) is 0 Å². The summed E-state index contributed by atoms with van der Waals surface area (Å²) in [4.78, 5) is 6.60. The molecule has 1 unspecified atom stereocenters. The molecule has 0 saturated carbocycles. The highest BCUT2D eigenvalue weighted by Gasteiger charge is 2.33. The Balaban J connectivity index is 1.56. The van der Waals surface area contributed by atoms with Crippen LogP contribution in [0, 0.1) is 13.8 Å². The maximum absolute atomic E-state index is 14.1. The van der Waals surface area contributed by atoms with Gasteiger partial charge in [-0.05, 0) is 61.2 Å². The van der Waals surface area contributed by atoms with Crippen molar-refractivity contribution in [1.29, 1.82) is 0 Å². The zero-order valence-electron chi connectivity index (χ0n) is 20.6. The van der Waals surface area contributed by atoms with E-state index in [0.29, 0.717) is 49.1 Å². The van der Waals surface area contributed by atoms with Gasteiger partial charge >= 0.3 is 0 Å². The van der Waals surface area contributed by atoms with Crippen molar-refractivity contribution in [3.8, 4) is 22.6 Å². The number of nitrogens with one attached hydrogen (secondary N) is 1. The van der Waals surface area contributed by atoms with Gasteiger partial charge < -0.3 is 24.8 Å². The molecule has 2 aliphatic rings. The van der Waals surface area contributed by atoms with E-state index in [1.807, 2.05) is 61.2 Å². The summed E-state index contributed by atoms with van der Waals surface area (Å²) in [6.07, 6.45) is 0.645. The number of benzene rings is 2. The van der Waals surface area contributed by atoms with E-state index in [2.05, 4.69) is 5.32 Å². The molecule has 6 nitrogen and oxygen atoms in total. The lowest BCUT2D eigenvalue weighted by atomic mass is 9.96. The Bertz CT molecular complexity index is 1250. The van der Waals surface area contributed by atoms with Crippen LogP contribution in [0.3, 0.4) is 0 Å². The summed E-state index contributed by atoms with van der Waals surface area (Å²) in [6, 6.07) is 13.4. The average molecular weight is 496 g/mol. The smallest absolute Gasteiger partial charge is 0.249 e. The van der Waals surface area contributed by atoms with Crippen LogP contribution in [0.2, 0.25) is 0 Å². The van der Waals surface area contributed by atoms with Crippen LogP contribution in [-0.2, 0) is 0 Å². The molecule has 0 aliphatic carbocycles. The first kappa shape index (κ1) is 24.3. The Labute approximate surface area is 209 Å². The van der Waals surface area contributed by atoms with E-state index < -0.39 is 12.2 Å². The SMILES string of the molecule is Cc1cccc(NC(O)c2c(N3CCCC(F)(F)CC3)ncc(-c3ccc4c(c3)OCCO4)c2C)c1. The van der Waals surface area contributed by atoms with Crippen molar-refractivity contribution in [2.45, 2.75) is 45.3 Å². The molecule has 1 saturated heterocycles. The van der Waals surface area contributed by atoms with E-state index in [0.717, 1.165) is 27.9 Å². The zero-order valence-corrected chi connectivity index (χ0v) is 20.6. The van der Waals surface area contributed by atoms with Crippen LogP contribution >= 0.6 is 0 Å². The topological polar surface area (TPSA) is 66.9 Å². The third-order valence-corrected chi connectivity index (χ3v) is 6.83. The van der Waals surface area contributed by atoms with Crippen molar-refractivity contribution in [3.05, 3.63) is 65.4 Å². The fraction of sp³-hybridized carbons (Fsp3) is 0.393. The van der Waals surface area contributed by atoms with E-state index in [4.69, 9.17) is 14.5 Å². The number of aliphatic hydroxyl groups is 1. The van der Waals surface area contributed by atoms with E-state index in [1.165, 1.54) is 0 Å². The molecule has 3 aromatic rings. The third kappa shape index (κ3) is 5.09.